The highest BCUT2D eigenvalue weighted by Gasteiger charge is 2.22. The topological polar surface area (TPSA) is 20.2 Å². The first-order chi connectivity index (χ1) is 6.38. The normalized spacial score (nSPS) is 30.2. The SMILES string of the molecule is OC1CC=CC=C1C1CCCCC1. The Kier molecular flexibility index (Phi) is 2.84. The fourth-order valence-corrected chi connectivity index (χ4v) is 2.48. The second-order valence-corrected chi connectivity index (χ2v) is 4.18. The summed E-state index contributed by atoms with van der Waals surface area (Å²) in [6, 6.07) is 0. The number of rotatable bonds is 1. The standard InChI is InChI=1S/C12H18O/c13-12-9-5-4-8-11(12)10-6-2-1-3-7-10/h4-5,8,10,12-13H,1-3,6-7,9H2. The number of aliphatic hydroxyl groups is 1. The molecule has 1 atom stereocenters. The van der Waals surface area contributed by atoms with Gasteiger partial charge in [0.2, 0.25) is 0 Å². The lowest BCUT2D eigenvalue weighted by Crippen LogP contribution is -2.21. The molecule has 2 rings (SSSR count). The van der Waals surface area contributed by atoms with Crippen LogP contribution in [-0.2, 0) is 0 Å². The Hall–Kier alpha value is -0.560. The maximum absolute atomic E-state index is 9.80. The number of hydrogen-bond donors (Lipinski definition) is 1. The molecule has 2 aliphatic rings. The maximum Gasteiger partial charge on any atom is 0.0790 e. The van der Waals surface area contributed by atoms with E-state index in [1.54, 1.807) is 0 Å². The molecule has 72 valence electrons. The van der Waals surface area contributed by atoms with Crippen molar-refractivity contribution in [2.24, 2.45) is 5.92 Å². The van der Waals surface area contributed by atoms with E-state index in [4.69, 9.17) is 0 Å². The number of hydrogen-bond acceptors (Lipinski definition) is 1. The van der Waals surface area contributed by atoms with E-state index in [2.05, 4.69) is 18.2 Å². The monoisotopic (exact) mass is 178 g/mol. The molecule has 0 aromatic heterocycles. The van der Waals surface area contributed by atoms with Gasteiger partial charge in [0, 0.05) is 0 Å². The second-order valence-electron chi connectivity index (χ2n) is 4.18. The van der Waals surface area contributed by atoms with Gasteiger partial charge in [0.05, 0.1) is 6.10 Å². The minimum atomic E-state index is -0.187. The molecule has 0 aromatic rings. The van der Waals surface area contributed by atoms with E-state index in [1.165, 1.54) is 37.7 Å². The van der Waals surface area contributed by atoms with Crippen LogP contribution in [0.2, 0.25) is 0 Å². The minimum Gasteiger partial charge on any atom is -0.388 e. The molecule has 2 aliphatic carbocycles. The Bertz CT molecular complexity index is 221. The lowest BCUT2D eigenvalue weighted by Gasteiger charge is -2.28. The van der Waals surface area contributed by atoms with Crippen molar-refractivity contribution in [2.75, 3.05) is 0 Å². The van der Waals surface area contributed by atoms with Crippen LogP contribution in [0.15, 0.2) is 23.8 Å². The summed E-state index contributed by atoms with van der Waals surface area (Å²) >= 11 is 0. The molecule has 0 spiro atoms. The Morgan fingerprint density at radius 2 is 1.92 bits per heavy atom. The second kappa shape index (κ2) is 4.10. The van der Waals surface area contributed by atoms with Gasteiger partial charge < -0.3 is 5.11 Å². The molecule has 13 heavy (non-hydrogen) atoms. The molecule has 1 N–H and O–H groups in total. The molecule has 0 heterocycles. The summed E-state index contributed by atoms with van der Waals surface area (Å²) in [6.45, 7) is 0. The molecule has 1 saturated carbocycles. The van der Waals surface area contributed by atoms with E-state index in [9.17, 15) is 5.11 Å². The Morgan fingerprint density at radius 3 is 2.62 bits per heavy atom. The third kappa shape index (κ3) is 2.02. The van der Waals surface area contributed by atoms with E-state index in [-0.39, 0.29) is 6.10 Å². The average molecular weight is 178 g/mol. The van der Waals surface area contributed by atoms with Gasteiger partial charge in [-0.25, -0.2) is 0 Å². The molecule has 1 nitrogen and oxygen atoms in total. The average Bonchev–Trinajstić information content (AvgIpc) is 2.20. The van der Waals surface area contributed by atoms with Gasteiger partial charge in [0.25, 0.3) is 0 Å². The van der Waals surface area contributed by atoms with Crippen molar-refractivity contribution in [3.05, 3.63) is 23.8 Å². The molecule has 1 fully saturated rings. The molecule has 1 unspecified atom stereocenters. The van der Waals surface area contributed by atoms with Crippen LogP contribution in [0.25, 0.3) is 0 Å². The minimum absolute atomic E-state index is 0.187. The number of allylic oxidation sites excluding steroid dienone is 2. The first-order valence-electron chi connectivity index (χ1n) is 5.42. The van der Waals surface area contributed by atoms with Gasteiger partial charge in [-0.05, 0) is 30.8 Å². The van der Waals surface area contributed by atoms with Crippen LogP contribution >= 0.6 is 0 Å². The van der Waals surface area contributed by atoms with Gasteiger partial charge in [-0.1, -0.05) is 37.5 Å². The molecule has 0 saturated heterocycles. The molecule has 0 bridgehead atoms. The summed E-state index contributed by atoms with van der Waals surface area (Å²) in [4.78, 5) is 0. The number of aliphatic hydroxyl groups excluding tert-OH is 1. The fraction of sp³-hybridized carbons (Fsp3) is 0.667. The van der Waals surface area contributed by atoms with E-state index < -0.39 is 0 Å². The molecular weight excluding hydrogens is 160 g/mol. The molecule has 0 aromatic carbocycles. The fourth-order valence-electron chi connectivity index (χ4n) is 2.48. The van der Waals surface area contributed by atoms with Crippen molar-refractivity contribution in [1.29, 1.82) is 0 Å². The Balaban J connectivity index is 2.04. The predicted octanol–water partition coefficient (Wildman–Crippen LogP) is 2.81. The van der Waals surface area contributed by atoms with Crippen LogP contribution in [0, 0.1) is 5.92 Å². The summed E-state index contributed by atoms with van der Waals surface area (Å²) in [6.07, 6.45) is 13.6. The van der Waals surface area contributed by atoms with E-state index in [0.717, 1.165) is 6.42 Å². The van der Waals surface area contributed by atoms with Crippen molar-refractivity contribution >= 4 is 0 Å². The zero-order valence-electron chi connectivity index (χ0n) is 8.08. The van der Waals surface area contributed by atoms with Gasteiger partial charge in [-0.2, -0.15) is 0 Å². The Morgan fingerprint density at radius 1 is 1.15 bits per heavy atom. The van der Waals surface area contributed by atoms with Gasteiger partial charge in [0.15, 0.2) is 0 Å². The molecule has 1 heteroatoms. The van der Waals surface area contributed by atoms with Gasteiger partial charge in [-0.3, -0.25) is 0 Å². The lowest BCUT2D eigenvalue weighted by atomic mass is 9.80. The van der Waals surface area contributed by atoms with Crippen molar-refractivity contribution in [3.8, 4) is 0 Å². The third-order valence-electron chi connectivity index (χ3n) is 3.25. The van der Waals surface area contributed by atoms with E-state index >= 15 is 0 Å². The molecule has 0 aliphatic heterocycles. The van der Waals surface area contributed by atoms with Crippen molar-refractivity contribution in [3.63, 3.8) is 0 Å². The van der Waals surface area contributed by atoms with Crippen molar-refractivity contribution in [2.45, 2.75) is 44.6 Å². The maximum atomic E-state index is 9.80. The van der Waals surface area contributed by atoms with Crippen LogP contribution in [0.4, 0.5) is 0 Å². The van der Waals surface area contributed by atoms with Crippen LogP contribution in [-0.4, -0.2) is 11.2 Å². The zero-order valence-corrected chi connectivity index (χ0v) is 8.08. The van der Waals surface area contributed by atoms with Gasteiger partial charge in [-0.15, -0.1) is 0 Å². The van der Waals surface area contributed by atoms with Crippen LogP contribution in [0.1, 0.15) is 38.5 Å². The summed E-state index contributed by atoms with van der Waals surface area (Å²) < 4.78 is 0. The van der Waals surface area contributed by atoms with Crippen LogP contribution < -0.4 is 0 Å². The van der Waals surface area contributed by atoms with Gasteiger partial charge >= 0.3 is 0 Å². The smallest absolute Gasteiger partial charge is 0.0790 e. The van der Waals surface area contributed by atoms with Crippen LogP contribution in [0.5, 0.6) is 0 Å². The van der Waals surface area contributed by atoms with E-state index in [1.807, 2.05) is 0 Å². The molecule has 0 radical (unpaired) electrons. The first kappa shape index (κ1) is 9.01. The first-order valence-corrected chi connectivity index (χ1v) is 5.42. The summed E-state index contributed by atoms with van der Waals surface area (Å²) in [7, 11) is 0. The lowest BCUT2D eigenvalue weighted by molar-refractivity contribution is 0.189. The van der Waals surface area contributed by atoms with Crippen molar-refractivity contribution in [1.82, 2.24) is 0 Å². The van der Waals surface area contributed by atoms with E-state index in [0.29, 0.717) is 5.92 Å². The summed E-state index contributed by atoms with van der Waals surface area (Å²) in [5.41, 5.74) is 1.29. The highest BCUT2D eigenvalue weighted by atomic mass is 16.3. The quantitative estimate of drug-likeness (QED) is 0.654. The summed E-state index contributed by atoms with van der Waals surface area (Å²) in [5, 5.41) is 9.80. The highest BCUT2D eigenvalue weighted by molar-refractivity contribution is 5.24. The molecular formula is C12H18O. The summed E-state index contributed by atoms with van der Waals surface area (Å²) in [5.74, 6) is 0.675. The highest BCUT2D eigenvalue weighted by Crippen LogP contribution is 2.33. The third-order valence-corrected chi connectivity index (χ3v) is 3.25. The largest absolute Gasteiger partial charge is 0.388 e. The zero-order chi connectivity index (χ0) is 9.10. The van der Waals surface area contributed by atoms with Crippen LogP contribution in [0.3, 0.4) is 0 Å². The van der Waals surface area contributed by atoms with Crippen molar-refractivity contribution < 1.29 is 5.11 Å². The Labute approximate surface area is 80.2 Å². The molecule has 0 amide bonds. The predicted molar refractivity (Wildman–Crippen MR) is 54.4 cm³/mol. The van der Waals surface area contributed by atoms with Gasteiger partial charge in [0.1, 0.15) is 0 Å².